The Balaban J connectivity index is 2.88. The van der Waals surface area contributed by atoms with E-state index in [1.165, 1.54) is 5.56 Å². The lowest BCUT2D eigenvalue weighted by atomic mass is 10.2. The van der Waals surface area contributed by atoms with Crippen molar-refractivity contribution in [1.82, 2.24) is 0 Å². The van der Waals surface area contributed by atoms with Crippen LogP contribution in [0.4, 0.5) is 0 Å². The Labute approximate surface area is 68.8 Å². The summed E-state index contributed by atoms with van der Waals surface area (Å²) in [6, 6.07) is 8.05. The SMILES string of the molecule is [S]Cc1ccc(Br)cc1. The van der Waals surface area contributed by atoms with Crippen molar-refractivity contribution in [2.45, 2.75) is 5.75 Å². The van der Waals surface area contributed by atoms with E-state index in [0.717, 1.165) is 4.47 Å². The molecule has 1 rings (SSSR count). The average molecular weight is 202 g/mol. The lowest BCUT2D eigenvalue weighted by molar-refractivity contribution is 1.42. The lowest BCUT2D eigenvalue weighted by Gasteiger charge is -1.92. The van der Waals surface area contributed by atoms with Crippen molar-refractivity contribution in [2.24, 2.45) is 0 Å². The molecular weight excluding hydrogens is 196 g/mol. The summed E-state index contributed by atoms with van der Waals surface area (Å²) in [7, 11) is 0. The van der Waals surface area contributed by atoms with Crippen LogP contribution in [-0.2, 0) is 5.75 Å². The minimum atomic E-state index is 0.702. The van der Waals surface area contributed by atoms with Gasteiger partial charge >= 0.3 is 0 Å². The molecule has 0 spiro atoms. The molecule has 0 aliphatic carbocycles. The van der Waals surface area contributed by atoms with Gasteiger partial charge in [-0.15, -0.1) is 0 Å². The van der Waals surface area contributed by atoms with Gasteiger partial charge < -0.3 is 0 Å². The van der Waals surface area contributed by atoms with E-state index in [2.05, 4.69) is 15.9 Å². The zero-order chi connectivity index (χ0) is 6.69. The average Bonchev–Trinajstić information content (AvgIpc) is 1.90. The molecule has 2 heteroatoms. The van der Waals surface area contributed by atoms with Crippen LogP contribution in [0.2, 0.25) is 0 Å². The van der Waals surface area contributed by atoms with E-state index in [4.69, 9.17) is 12.6 Å². The van der Waals surface area contributed by atoms with E-state index < -0.39 is 0 Å². The Hall–Kier alpha value is 0.0500. The first kappa shape index (κ1) is 7.16. The van der Waals surface area contributed by atoms with E-state index in [9.17, 15) is 0 Å². The maximum Gasteiger partial charge on any atom is 0.0288 e. The molecule has 0 saturated carbocycles. The molecule has 0 atom stereocenters. The molecule has 0 N–H and O–H groups in total. The van der Waals surface area contributed by atoms with Gasteiger partial charge in [0.25, 0.3) is 0 Å². The number of hydrogen-bond donors (Lipinski definition) is 0. The summed E-state index contributed by atoms with van der Waals surface area (Å²) in [6.45, 7) is 0. The second-order valence-electron chi connectivity index (χ2n) is 1.77. The zero-order valence-electron chi connectivity index (χ0n) is 4.80. The van der Waals surface area contributed by atoms with Gasteiger partial charge in [0.05, 0.1) is 0 Å². The summed E-state index contributed by atoms with van der Waals surface area (Å²) in [6.07, 6.45) is 0. The van der Waals surface area contributed by atoms with Crippen LogP contribution in [-0.4, -0.2) is 0 Å². The predicted octanol–water partition coefficient (Wildman–Crippen LogP) is 3.15. The Bertz CT molecular complexity index is 181. The summed E-state index contributed by atoms with van der Waals surface area (Å²) in [5, 5.41) is 0. The van der Waals surface area contributed by atoms with E-state index >= 15 is 0 Å². The largest absolute Gasteiger partial charge is 0.0890 e. The second kappa shape index (κ2) is 3.28. The summed E-state index contributed by atoms with van der Waals surface area (Å²) in [5.41, 5.74) is 1.20. The molecule has 0 nitrogen and oxygen atoms in total. The smallest absolute Gasteiger partial charge is 0.0288 e. The molecule has 0 aromatic heterocycles. The molecule has 0 unspecified atom stereocenters. The van der Waals surface area contributed by atoms with Gasteiger partial charge in [0.15, 0.2) is 0 Å². The van der Waals surface area contributed by atoms with Crippen LogP contribution in [0.15, 0.2) is 28.7 Å². The van der Waals surface area contributed by atoms with Crippen molar-refractivity contribution < 1.29 is 0 Å². The first-order valence-electron chi connectivity index (χ1n) is 2.65. The minimum Gasteiger partial charge on any atom is -0.0890 e. The fourth-order valence-corrected chi connectivity index (χ4v) is 1.04. The molecule has 1 radical (unpaired) electrons. The normalized spacial score (nSPS) is 9.56. The van der Waals surface area contributed by atoms with E-state index in [1.54, 1.807) is 0 Å². The number of rotatable bonds is 1. The molecule has 0 bridgehead atoms. The Kier molecular flexibility index (Phi) is 2.61. The highest BCUT2D eigenvalue weighted by atomic mass is 79.9. The van der Waals surface area contributed by atoms with Crippen molar-refractivity contribution in [3.8, 4) is 0 Å². The summed E-state index contributed by atoms with van der Waals surface area (Å²) in [5.74, 6) is 0.702. The monoisotopic (exact) mass is 201 g/mol. The van der Waals surface area contributed by atoms with Crippen molar-refractivity contribution in [3.63, 3.8) is 0 Å². The van der Waals surface area contributed by atoms with E-state index in [0.29, 0.717) is 5.75 Å². The molecule has 47 valence electrons. The summed E-state index contributed by atoms with van der Waals surface area (Å²) < 4.78 is 1.11. The minimum absolute atomic E-state index is 0.702. The number of halogens is 1. The Morgan fingerprint density at radius 1 is 1.22 bits per heavy atom. The lowest BCUT2D eigenvalue weighted by Crippen LogP contribution is -1.73. The molecule has 1 aromatic carbocycles. The number of hydrogen-bond acceptors (Lipinski definition) is 0. The fraction of sp³-hybridized carbons (Fsp3) is 0.143. The van der Waals surface area contributed by atoms with E-state index in [-0.39, 0.29) is 0 Å². The quantitative estimate of drug-likeness (QED) is 0.656. The third kappa shape index (κ3) is 2.03. The Morgan fingerprint density at radius 2 is 1.78 bits per heavy atom. The van der Waals surface area contributed by atoms with Crippen LogP contribution in [0.3, 0.4) is 0 Å². The van der Waals surface area contributed by atoms with Crippen LogP contribution < -0.4 is 0 Å². The molecular formula is C7H6BrS. The molecule has 0 aliphatic rings. The van der Waals surface area contributed by atoms with Crippen molar-refractivity contribution in [1.29, 1.82) is 0 Å². The van der Waals surface area contributed by atoms with Gasteiger partial charge in [0, 0.05) is 10.2 Å². The van der Waals surface area contributed by atoms with Gasteiger partial charge in [-0.2, -0.15) is 0 Å². The molecule has 9 heavy (non-hydrogen) atoms. The zero-order valence-corrected chi connectivity index (χ0v) is 7.21. The van der Waals surface area contributed by atoms with Gasteiger partial charge in [0.2, 0.25) is 0 Å². The van der Waals surface area contributed by atoms with Gasteiger partial charge in [-0.1, -0.05) is 40.7 Å². The molecule has 0 saturated heterocycles. The third-order valence-corrected chi connectivity index (χ3v) is 1.94. The highest BCUT2D eigenvalue weighted by Crippen LogP contribution is 2.11. The highest BCUT2D eigenvalue weighted by molar-refractivity contribution is 9.10. The van der Waals surface area contributed by atoms with Crippen LogP contribution in [0.1, 0.15) is 5.56 Å². The van der Waals surface area contributed by atoms with Crippen molar-refractivity contribution in [2.75, 3.05) is 0 Å². The first-order chi connectivity index (χ1) is 4.33. The van der Waals surface area contributed by atoms with Crippen LogP contribution in [0.25, 0.3) is 0 Å². The first-order valence-corrected chi connectivity index (χ1v) is 4.02. The molecule has 1 aromatic rings. The van der Waals surface area contributed by atoms with Gasteiger partial charge in [0.1, 0.15) is 0 Å². The second-order valence-corrected chi connectivity index (χ2v) is 2.98. The summed E-state index contributed by atoms with van der Waals surface area (Å²) in [4.78, 5) is 0. The van der Waals surface area contributed by atoms with Gasteiger partial charge in [-0.25, -0.2) is 0 Å². The molecule has 0 amide bonds. The third-order valence-electron chi connectivity index (χ3n) is 1.08. The molecule has 0 fully saturated rings. The fourth-order valence-electron chi connectivity index (χ4n) is 0.581. The topological polar surface area (TPSA) is 0 Å². The highest BCUT2D eigenvalue weighted by Gasteiger charge is 1.86. The van der Waals surface area contributed by atoms with Crippen LogP contribution >= 0.6 is 28.6 Å². The standard InChI is InChI=1S/C7H6BrS/c8-7-3-1-6(5-9)2-4-7/h1-4H,5H2. The molecule has 0 heterocycles. The van der Waals surface area contributed by atoms with Crippen molar-refractivity contribution in [3.05, 3.63) is 34.3 Å². The predicted molar refractivity (Wildman–Crippen MR) is 45.4 cm³/mol. The maximum atomic E-state index is 4.85. The van der Waals surface area contributed by atoms with Crippen LogP contribution in [0, 0.1) is 0 Å². The van der Waals surface area contributed by atoms with Crippen molar-refractivity contribution >= 4 is 28.6 Å². The van der Waals surface area contributed by atoms with E-state index in [1.807, 2.05) is 24.3 Å². The molecule has 0 aliphatic heterocycles. The number of benzene rings is 1. The summed E-state index contributed by atoms with van der Waals surface area (Å²) >= 11 is 8.19. The van der Waals surface area contributed by atoms with Gasteiger partial charge in [-0.3, -0.25) is 0 Å². The Morgan fingerprint density at radius 3 is 2.22 bits per heavy atom. The van der Waals surface area contributed by atoms with Crippen LogP contribution in [0.5, 0.6) is 0 Å². The van der Waals surface area contributed by atoms with Gasteiger partial charge in [-0.05, 0) is 17.7 Å². The maximum absolute atomic E-state index is 4.85.